The van der Waals surface area contributed by atoms with E-state index in [0.29, 0.717) is 11.4 Å². The van der Waals surface area contributed by atoms with Gasteiger partial charge in [-0.05, 0) is 57.2 Å². The molecule has 2 aliphatic heterocycles. The lowest BCUT2D eigenvalue weighted by Gasteiger charge is -2.29. The van der Waals surface area contributed by atoms with Crippen molar-refractivity contribution in [2.45, 2.75) is 12.1 Å². The van der Waals surface area contributed by atoms with E-state index in [2.05, 4.69) is 15.9 Å². The lowest BCUT2D eigenvalue weighted by molar-refractivity contribution is -0.126. The van der Waals surface area contributed by atoms with Crippen LogP contribution in [0.5, 0.6) is 5.75 Å². The van der Waals surface area contributed by atoms with Crippen LogP contribution in [0, 0.1) is 5.92 Å². The van der Waals surface area contributed by atoms with E-state index < -0.39 is 18.1 Å². The van der Waals surface area contributed by atoms with Crippen LogP contribution in [0.25, 0.3) is 10.8 Å². The first-order chi connectivity index (χ1) is 17.1. The fourth-order valence-electron chi connectivity index (χ4n) is 5.06. The number of imide groups is 1. The summed E-state index contributed by atoms with van der Waals surface area (Å²) >= 11 is 3.56. The lowest BCUT2D eigenvalue weighted by atomic mass is 9.90. The molecule has 2 heterocycles. The summed E-state index contributed by atoms with van der Waals surface area (Å²) in [5.74, 6) is -0.650. The molecule has 0 unspecified atom stereocenters. The second-order valence-electron chi connectivity index (χ2n) is 8.56. The molecule has 6 nitrogen and oxygen atoms in total. The zero-order valence-corrected chi connectivity index (χ0v) is 20.4. The number of anilines is 2. The van der Waals surface area contributed by atoms with Crippen LogP contribution in [-0.4, -0.2) is 25.0 Å². The SMILES string of the molecule is COc1ccc([C@@H]2[C@@H]3C(=O)N(c4cccc5ccccc45)C(=O)[C@@H]3ON2c2ccccc2)cc1Br. The van der Waals surface area contributed by atoms with E-state index >= 15 is 0 Å². The average molecular weight is 529 g/mol. The van der Waals surface area contributed by atoms with Crippen LogP contribution in [0.1, 0.15) is 11.6 Å². The van der Waals surface area contributed by atoms with Gasteiger partial charge in [0.2, 0.25) is 5.91 Å². The summed E-state index contributed by atoms with van der Waals surface area (Å²) in [6.45, 7) is 0. The zero-order chi connectivity index (χ0) is 24.1. The Morgan fingerprint density at radius 2 is 1.60 bits per heavy atom. The number of hydrogen-bond donors (Lipinski definition) is 0. The minimum atomic E-state index is -0.924. The number of rotatable bonds is 4. The van der Waals surface area contributed by atoms with Gasteiger partial charge in [0.05, 0.1) is 29.0 Å². The van der Waals surface area contributed by atoms with E-state index in [9.17, 15) is 9.59 Å². The van der Waals surface area contributed by atoms with Crippen molar-refractivity contribution >= 4 is 49.9 Å². The Morgan fingerprint density at radius 1 is 0.857 bits per heavy atom. The highest BCUT2D eigenvalue weighted by atomic mass is 79.9. The van der Waals surface area contributed by atoms with Crippen LogP contribution in [0.3, 0.4) is 0 Å². The Kier molecular flexibility index (Phi) is 5.31. The number of para-hydroxylation sites is 1. The number of hydroxylamine groups is 1. The van der Waals surface area contributed by atoms with Crippen molar-refractivity contribution in [3.05, 3.63) is 101 Å². The Hall–Kier alpha value is -3.68. The maximum absolute atomic E-state index is 14.0. The molecule has 0 N–H and O–H groups in total. The van der Waals surface area contributed by atoms with Crippen molar-refractivity contribution in [1.29, 1.82) is 0 Å². The predicted octanol–water partition coefficient (Wildman–Crippen LogP) is 5.66. The number of benzene rings is 4. The molecule has 2 saturated heterocycles. The third-order valence-corrected chi connectivity index (χ3v) is 7.27. The number of amides is 2. The first-order valence-electron chi connectivity index (χ1n) is 11.3. The molecule has 2 aliphatic rings. The van der Waals surface area contributed by atoms with Crippen molar-refractivity contribution in [2.75, 3.05) is 17.1 Å². The molecule has 0 aliphatic carbocycles. The van der Waals surface area contributed by atoms with Gasteiger partial charge in [0.25, 0.3) is 5.91 Å². The molecule has 0 bridgehead atoms. The van der Waals surface area contributed by atoms with Gasteiger partial charge in [-0.2, -0.15) is 0 Å². The van der Waals surface area contributed by atoms with Crippen LogP contribution in [0.4, 0.5) is 11.4 Å². The molecule has 0 spiro atoms. The average Bonchev–Trinajstić information content (AvgIpc) is 3.40. The summed E-state index contributed by atoms with van der Waals surface area (Å²) in [6, 6.07) is 28.1. The molecule has 3 atom stereocenters. The Bertz CT molecular complexity index is 1450. The molecular weight excluding hydrogens is 508 g/mol. The summed E-state index contributed by atoms with van der Waals surface area (Å²) in [7, 11) is 1.60. The normalized spacial score (nSPS) is 21.6. The van der Waals surface area contributed by atoms with Crippen LogP contribution in [-0.2, 0) is 14.4 Å². The van der Waals surface area contributed by atoms with Crippen molar-refractivity contribution in [1.82, 2.24) is 0 Å². The molecule has 4 aromatic carbocycles. The molecule has 0 aromatic heterocycles. The summed E-state index contributed by atoms with van der Waals surface area (Å²) in [5.41, 5.74) is 2.20. The molecule has 174 valence electrons. The number of fused-ring (bicyclic) bond motifs is 2. The van der Waals surface area contributed by atoms with Gasteiger partial charge in [0, 0.05) is 5.39 Å². The summed E-state index contributed by atoms with van der Waals surface area (Å²) in [6.07, 6.45) is -0.924. The number of hydrogen-bond acceptors (Lipinski definition) is 5. The van der Waals surface area contributed by atoms with Gasteiger partial charge in [0.15, 0.2) is 6.10 Å². The largest absolute Gasteiger partial charge is 0.496 e. The maximum Gasteiger partial charge on any atom is 0.266 e. The number of methoxy groups -OCH3 is 1. The Balaban J connectivity index is 1.47. The number of nitrogens with zero attached hydrogens (tertiary/aromatic N) is 2. The Morgan fingerprint density at radius 3 is 2.37 bits per heavy atom. The summed E-state index contributed by atoms with van der Waals surface area (Å²) in [5, 5.41) is 3.50. The van der Waals surface area contributed by atoms with Crippen molar-refractivity contribution in [3.63, 3.8) is 0 Å². The van der Waals surface area contributed by atoms with Gasteiger partial charge in [-0.1, -0.05) is 60.7 Å². The molecule has 0 radical (unpaired) electrons. The van der Waals surface area contributed by atoms with E-state index in [1.165, 1.54) is 4.90 Å². The van der Waals surface area contributed by atoms with E-state index in [4.69, 9.17) is 9.57 Å². The van der Waals surface area contributed by atoms with Gasteiger partial charge in [-0.15, -0.1) is 0 Å². The van der Waals surface area contributed by atoms with Crippen LogP contribution >= 0.6 is 15.9 Å². The van der Waals surface area contributed by atoms with Crippen LogP contribution < -0.4 is 14.7 Å². The highest BCUT2D eigenvalue weighted by Gasteiger charge is 2.60. The van der Waals surface area contributed by atoms with Crippen molar-refractivity contribution in [3.8, 4) is 5.75 Å². The standard InChI is InChI=1S/C28H21BrN2O4/c1-34-23-15-14-18(16-21(23)29)25-24-26(35-31(25)19-10-3-2-4-11-19)28(33)30(27(24)32)22-13-7-9-17-8-5-6-12-20(17)22/h2-16,24-26H,1H3/t24-,25+,26+/m0/s1. The molecule has 35 heavy (non-hydrogen) atoms. The van der Waals surface area contributed by atoms with E-state index in [1.807, 2.05) is 91.0 Å². The second-order valence-corrected chi connectivity index (χ2v) is 9.42. The first kappa shape index (κ1) is 21.8. The third kappa shape index (κ3) is 3.42. The fraction of sp³-hybridized carbons (Fsp3) is 0.143. The van der Waals surface area contributed by atoms with Gasteiger partial charge >= 0.3 is 0 Å². The van der Waals surface area contributed by atoms with Crippen molar-refractivity contribution < 1.29 is 19.2 Å². The molecule has 0 saturated carbocycles. The van der Waals surface area contributed by atoms with E-state index in [-0.39, 0.29) is 11.8 Å². The van der Waals surface area contributed by atoms with Crippen LogP contribution in [0.2, 0.25) is 0 Å². The van der Waals surface area contributed by atoms with Crippen LogP contribution in [0.15, 0.2) is 95.5 Å². The van der Waals surface area contributed by atoms with E-state index in [1.54, 1.807) is 12.2 Å². The van der Waals surface area contributed by atoms with Gasteiger partial charge in [0.1, 0.15) is 11.7 Å². The van der Waals surface area contributed by atoms with E-state index in [0.717, 1.165) is 26.5 Å². The highest BCUT2D eigenvalue weighted by Crippen LogP contribution is 2.49. The minimum Gasteiger partial charge on any atom is -0.496 e. The predicted molar refractivity (Wildman–Crippen MR) is 137 cm³/mol. The number of ether oxygens (including phenoxy) is 1. The summed E-state index contributed by atoms with van der Waals surface area (Å²) < 4.78 is 6.15. The quantitative estimate of drug-likeness (QED) is 0.320. The molecule has 2 amide bonds. The maximum atomic E-state index is 14.0. The monoisotopic (exact) mass is 528 g/mol. The van der Waals surface area contributed by atoms with Crippen molar-refractivity contribution in [2.24, 2.45) is 5.92 Å². The van der Waals surface area contributed by atoms with Gasteiger partial charge in [-0.3, -0.25) is 14.4 Å². The molecule has 2 fully saturated rings. The topological polar surface area (TPSA) is 59.1 Å². The smallest absolute Gasteiger partial charge is 0.266 e. The fourth-order valence-corrected chi connectivity index (χ4v) is 5.62. The molecular formula is C28H21BrN2O4. The Labute approximate surface area is 210 Å². The number of carbonyl (C=O) groups is 2. The molecule has 4 aromatic rings. The highest BCUT2D eigenvalue weighted by molar-refractivity contribution is 9.10. The minimum absolute atomic E-state index is 0.272. The molecule has 6 rings (SSSR count). The zero-order valence-electron chi connectivity index (χ0n) is 18.8. The molecule has 7 heteroatoms. The number of carbonyl (C=O) groups excluding carboxylic acids is 2. The summed E-state index contributed by atoms with van der Waals surface area (Å²) in [4.78, 5) is 35.2. The lowest BCUT2D eigenvalue weighted by Crippen LogP contribution is -2.37. The number of halogens is 1. The van der Waals surface area contributed by atoms with Gasteiger partial charge < -0.3 is 4.74 Å². The first-order valence-corrected chi connectivity index (χ1v) is 12.1. The second kappa shape index (κ2) is 8.52. The third-order valence-electron chi connectivity index (χ3n) is 6.65. The van der Waals surface area contributed by atoms with Gasteiger partial charge in [-0.25, -0.2) is 9.96 Å².